The van der Waals surface area contributed by atoms with E-state index in [1.54, 1.807) is 0 Å². The van der Waals surface area contributed by atoms with Crippen LogP contribution in [-0.2, 0) is 32.5 Å². The second-order valence-corrected chi connectivity index (χ2v) is 27.2. The Kier molecular flexibility index (Phi) is 11.0. The molecule has 2 heterocycles. The molecular formula is C69H76BN3. The minimum absolute atomic E-state index is 0.0155. The van der Waals surface area contributed by atoms with Gasteiger partial charge in [-0.05, 0) is 172 Å². The largest absolute Gasteiger partial charge is 0.311 e. The lowest BCUT2D eigenvalue weighted by atomic mass is 9.33. The van der Waals surface area contributed by atoms with Gasteiger partial charge in [0.1, 0.15) is 0 Å². The van der Waals surface area contributed by atoms with Crippen molar-refractivity contribution >= 4 is 85.1 Å². The number of benzene rings is 8. The molecule has 73 heavy (non-hydrogen) atoms. The van der Waals surface area contributed by atoms with Crippen LogP contribution in [0.25, 0.3) is 10.8 Å². The summed E-state index contributed by atoms with van der Waals surface area (Å²) in [4.78, 5) is 7.75. The summed E-state index contributed by atoms with van der Waals surface area (Å²) in [7, 11) is 0. The van der Waals surface area contributed by atoms with E-state index in [0.29, 0.717) is 0 Å². The van der Waals surface area contributed by atoms with Crippen molar-refractivity contribution in [1.82, 2.24) is 0 Å². The molecule has 0 saturated heterocycles. The third-order valence-electron chi connectivity index (χ3n) is 16.6. The molecule has 3 aliphatic rings. The molecule has 8 aromatic carbocycles. The van der Waals surface area contributed by atoms with E-state index in [4.69, 9.17) is 0 Å². The maximum atomic E-state index is 2.60. The fraction of sp³-hybridized carbons (Fsp3) is 0.333. The van der Waals surface area contributed by atoms with E-state index >= 15 is 0 Å². The quantitative estimate of drug-likeness (QED) is 0.159. The van der Waals surface area contributed by atoms with Gasteiger partial charge >= 0.3 is 0 Å². The first-order valence-corrected chi connectivity index (χ1v) is 26.9. The number of nitrogens with zero attached hydrogens (tertiary/aromatic N) is 3. The van der Waals surface area contributed by atoms with Crippen LogP contribution >= 0.6 is 0 Å². The van der Waals surface area contributed by atoms with Crippen LogP contribution in [0.4, 0.5) is 51.2 Å². The molecule has 11 rings (SSSR count). The number of rotatable bonds is 5. The van der Waals surface area contributed by atoms with Gasteiger partial charge in [-0.15, -0.1) is 0 Å². The van der Waals surface area contributed by atoms with Crippen LogP contribution in [0.5, 0.6) is 0 Å². The van der Waals surface area contributed by atoms with Gasteiger partial charge in [0, 0.05) is 45.5 Å². The molecule has 2 aliphatic heterocycles. The molecular weight excluding hydrogens is 882 g/mol. The van der Waals surface area contributed by atoms with Crippen molar-refractivity contribution in [3.8, 4) is 0 Å². The summed E-state index contributed by atoms with van der Waals surface area (Å²) in [5.41, 5.74) is 22.9. The predicted octanol–water partition coefficient (Wildman–Crippen LogP) is 17.5. The summed E-state index contributed by atoms with van der Waals surface area (Å²) in [6, 6.07) is 61.8. The summed E-state index contributed by atoms with van der Waals surface area (Å²) in [6.45, 7) is 37.7. The van der Waals surface area contributed by atoms with Crippen molar-refractivity contribution in [3.05, 3.63) is 191 Å². The summed E-state index contributed by atoms with van der Waals surface area (Å²) in [6.07, 6.45) is 1.11. The third-order valence-corrected chi connectivity index (χ3v) is 16.6. The first kappa shape index (κ1) is 48.7. The lowest BCUT2D eigenvalue weighted by molar-refractivity contribution is 0.403. The Morgan fingerprint density at radius 1 is 0.384 bits per heavy atom. The zero-order valence-electron chi connectivity index (χ0n) is 46.6. The van der Waals surface area contributed by atoms with Crippen LogP contribution in [0.15, 0.2) is 158 Å². The van der Waals surface area contributed by atoms with E-state index in [9.17, 15) is 0 Å². The molecule has 0 radical (unpaired) electrons. The molecule has 0 fully saturated rings. The Bertz CT molecular complexity index is 3330. The smallest absolute Gasteiger partial charge is 0.252 e. The van der Waals surface area contributed by atoms with E-state index in [0.717, 1.165) is 29.2 Å². The minimum atomic E-state index is -0.0488. The molecule has 0 atom stereocenters. The van der Waals surface area contributed by atoms with Gasteiger partial charge < -0.3 is 14.7 Å². The van der Waals surface area contributed by atoms with Crippen LogP contribution in [-0.4, -0.2) is 6.71 Å². The normalized spacial score (nSPS) is 15.8. The first-order chi connectivity index (χ1) is 34.2. The van der Waals surface area contributed by atoms with Crippen molar-refractivity contribution in [2.24, 2.45) is 0 Å². The standard InChI is InChI=1S/C69H76BN3/c1-64(2,3)46-22-29-50(30-23-46)72-59-35-26-48(66(7,8)9)38-57(59)70-58-39-49(67(10,11)12)27-36-60(58)73(51-31-24-47(25-32-51)65(4,5)6)62-42-54(41-61(72)63(62)70)71(52-28-21-44-19-17-18-20-45(44)37-52)53-33-34-55-56(40-53)69(15,16)43-68(55,13)14/h17-42H,43H2,1-16H3. The average molecular weight is 958 g/mol. The number of hydrogen-bond donors (Lipinski definition) is 0. The molecule has 0 N–H and O–H groups in total. The lowest BCUT2D eigenvalue weighted by Gasteiger charge is -2.45. The Hall–Kier alpha value is -6.52. The van der Waals surface area contributed by atoms with Crippen LogP contribution < -0.4 is 31.1 Å². The van der Waals surface area contributed by atoms with Crippen molar-refractivity contribution in [2.45, 2.75) is 150 Å². The predicted molar refractivity (Wildman–Crippen MR) is 318 cm³/mol. The van der Waals surface area contributed by atoms with Crippen LogP contribution in [0.3, 0.4) is 0 Å². The number of fused-ring (bicyclic) bond motifs is 6. The van der Waals surface area contributed by atoms with E-state index in [2.05, 4.69) is 283 Å². The third kappa shape index (κ3) is 8.28. The van der Waals surface area contributed by atoms with Crippen molar-refractivity contribution in [2.75, 3.05) is 14.7 Å². The van der Waals surface area contributed by atoms with Gasteiger partial charge in [-0.2, -0.15) is 0 Å². The average Bonchev–Trinajstić information content (AvgIpc) is 3.51. The maximum absolute atomic E-state index is 2.60. The summed E-state index contributed by atoms with van der Waals surface area (Å²) in [5, 5.41) is 2.46. The summed E-state index contributed by atoms with van der Waals surface area (Å²) >= 11 is 0. The zero-order valence-corrected chi connectivity index (χ0v) is 46.6. The second kappa shape index (κ2) is 16.5. The molecule has 3 nitrogen and oxygen atoms in total. The Balaban J connectivity index is 1.28. The number of hydrogen-bond acceptors (Lipinski definition) is 3. The molecule has 370 valence electrons. The van der Waals surface area contributed by atoms with E-state index < -0.39 is 0 Å². The number of anilines is 9. The Morgan fingerprint density at radius 2 is 0.808 bits per heavy atom. The van der Waals surface area contributed by atoms with Crippen LogP contribution in [0.1, 0.15) is 151 Å². The van der Waals surface area contributed by atoms with Crippen molar-refractivity contribution in [3.63, 3.8) is 0 Å². The topological polar surface area (TPSA) is 9.72 Å². The first-order valence-electron chi connectivity index (χ1n) is 26.9. The highest BCUT2D eigenvalue weighted by atomic mass is 15.2. The highest BCUT2D eigenvalue weighted by Crippen LogP contribution is 2.53. The SMILES string of the molecule is CC(C)(C)c1ccc(N2c3ccc(C(C)(C)C)cc3B3c4cc(C(C)(C)C)ccc4N(c4ccc(C(C)(C)C)cc4)c4cc(N(c5ccc6c(c5)C(C)(C)CC6(C)C)c5ccc6ccccc6c5)cc2c43)cc1. The second-order valence-electron chi connectivity index (χ2n) is 27.2. The highest BCUT2D eigenvalue weighted by Gasteiger charge is 2.46. The van der Waals surface area contributed by atoms with Crippen LogP contribution in [0.2, 0.25) is 0 Å². The molecule has 0 unspecified atom stereocenters. The highest BCUT2D eigenvalue weighted by molar-refractivity contribution is 7.00. The molecule has 0 amide bonds. The fourth-order valence-electron chi connectivity index (χ4n) is 12.7. The van der Waals surface area contributed by atoms with Crippen molar-refractivity contribution < 1.29 is 0 Å². The van der Waals surface area contributed by atoms with Gasteiger partial charge in [-0.1, -0.05) is 196 Å². The minimum Gasteiger partial charge on any atom is -0.311 e. The molecule has 8 aromatic rings. The van der Waals surface area contributed by atoms with Gasteiger partial charge in [-0.3, -0.25) is 0 Å². The molecule has 0 spiro atoms. The summed E-state index contributed by atoms with van der Waals surface area (Å²) in [5.74, 6) is 0. The van der Waals surface area contributed by atoms with Gasteiger partial charge in [0.2, 0.25) is 0 Å². The van der Waals surface area contributed by atoms with Gasteiger partial charge in [0.15, 0.2) is 0 Å². The molecule has 1 aliphatic carbocycles. The molecule has 0 saturated carbocycles. The van der Waals surface area contributed by atoms with Gasteiger partial charge in [0.05, 0.1) is 5.69 Å². The zero-order chi connectivity index (χ0) is 51.9. The van der Waals surface area contributed by atoms with Gasteiger partial charge in [-0.25, -0.2) is 0 Å². The molecule has 0 aromatic heterocycles. The molecule has 0 bridgehead atoms. The maximum Gasteiger partial charge on any atom is 0.252 e. The van der Waals surface area contributed by atoms with E-state index in [-0.39, 0.29) is 39.2 Å². The Morgan fingerprint density at radius 3 is 1.29 bits per heavy atom. The van der Waals surface area contributed by atoms with E-state index in [1.165, 1.54) is 89.0 Å². The van der Waals surface area contributed by atoms with Crippen molar-refractivity contribution in [1.29, 1.82) is 0 Å². The summed E-state index contributed by atoms with van der Waals surface area (Å²) < 4.78 is 0. The van der Waals surface area contributed by atoms with E-state index in [1.807, 2.05) is 0 Å². The Labute approximate surface area is 438 Å². The van der Waals surface area contributed by atoms with Crippen LogP contribution in [0, 0.1) is 0 Å². The monoisotopic (exact) mass is 958 g/mol. The van der Waals surface area contributed by atoms with Gasteiger partial charge in [0.25, 0.3) is 6.71 Å². The lowest BCUT2D eigenvalue weighted by Crippen LogP contribution is -2.61. The fourth-order valence-corrected chi connectivity index (χ4v) is 12.7. The molecule has 4 heteroatoms.